The van der Waals surface area contributed by atoms with Crippen LogP contribution in [0.5, 0.6) is 0 Å². The Morgan fingerprint density at radius 1 is 1.36 bits per heavy atom. The van der Waals surface area contributed by atoms with Gasteiger partial charge in [0.25, 0.3) is 0 Å². The van der Waals surface area contributed by atoms with E-state index in [4.69, 9.17) is 4.74 Å². The third-order valence-corrected chi connectivity index (χ3v) is 2.23. The highest BCUT2D eigenvalue weighted by atomic mass is 19.4. The van der Waals surface area contributed by atoms with Crippen molar-refractivity contribution in [2.24, 2.45) is 0 Å². The Morgan fingerprint density at radius 3 is 2.50 bits per heavy atom. The zero-order chi connectivity index (χ0) is 10.6. The van der Waals surface area contributed by atoms with E-state index >= 15 is 0 Å². The molecule has 1 N–H and O–H groups in total. The topological polar surface area (TPSA) is 30.5 Å². The van der Waals surface area contributed by atoms with E-state index in [1.54, 1.807) is 7.11 Å². The molecule has 1 fully saturated rings. The Bertz CT molecular complexity index is 168. The van der Waals surface area contributed by atoms with Crippen LogP contribution in [-0.2, 0) is 9.47 Å². The summed E-state index contributed by atoms with van der Waals surface area (Å²) < 4.78 is 43.2. The molecule has 1 saturated carbocycles. The van der Waals surface area contributed by atoms with Crippen LogP contribution in [0.4, 0.5) is 13.2 Å². The number of halogens is 3. The fraction of sp³-hybridized carbons (Fsp3) is 1.00. The summed E-state index contributed by atoms with van der Waals surface area (Å²) in [6.07, 6.45) is -2.53. The molecule has 1 rings (SSSR count). The largest absolute Gasteiger partial charge is 0.522 e. The van der Waals surface area contributed by atoms with Gasteiger partial charge in [0.05, 0.1) is 12.7 Å². The predicted molar refractivity (Wildman–Crippen MR) is 43.8 cm³/mol. The lowest BCUT2D eigenvalue weighted by molar-refractivity contribution is -0.323. The number of alkyl halides is 3. The van der Waals surface area contributed by atoms with Gasteiger partial charge in [-0.3, -0.25) is 4.74 Å². The fourth-order valence-corrected chi connectivity index (χ4v) is 1.35. The third kappa shape index (κ3) is 4.26. The molecule has 0 atom stereocenters. The first-order chi connectivity index (χ1) is 6.51. The van der Waals surface area contributed by atoms with Crippen LogP contribution in [0.15, 0.2) is 0 Å². The number of ether oxygens (including phenoxy) is 2. The minimum Gasteiger partial charge on any atom is -0.381 e. The molecule has 14 heavy (non-hydrogen) atoms. The van der Waals surface area contributed by atoms with Crippen LogP contribution in [0.3, 0.4) is 0 Å². The average Bonchev–Trinajstić information content (AvgIpc) is 1.98. The van der Waals surface area contributed by atoms with E-state index in [1.807, 2.05) is 0 Å². The molecule has 0 aromatic rings. The van der Waals surface area contributed by atoms with E-state index < -0.39 is 6.36 Å². The van der Waals surface area contributed by atoms with Gasteiger partial charge in [-0.1, -0.05) is 0 Å². The molecule has 0 unspecified atom stereocenters. The average molecular weight is 213 g/mol. The molecule has 1 aliphatic carbocycles. The quantitative estimate of drug-likeness (QED) is 0.698. The first-order valence-electron chi connectivity index (χ1n) is 4.48. The molecule has 0 spiro atoms. The highest BCUT2D eigenvalue weighted by molar-refractivity contribution is 4.85. The van der Waals surface area contributed by atoms with Gasteiger partial charge in [-0.2, -0.15) is 0 Å². The van der Waals surface area contributed by atoms with Crippen molar-refractivity contribution in [1.82, 2.24) is 5.32 Å². The molecular formula is C8H14F3NO2. The van der Waals surface area contributed by atoms with Gasteiger partial charge in [0.2, 0.25) is 0 Å². The van der Waals surface area contributed by atoms with Crippen LogP contribution in [0, 0.1) is 0 Å². The Balaban J connectivity index is 1.91. The number of hydrogen-bond acceptors (Lipinski definition) is 3. The smallest absolute Gasteiger partial charge is 0.381 e. The Morgan fingerprint density at radius 2 is 2.00 bits per heavy atom. The van der Waals surface area contributed by atoms with Crippen molar-refractivity contribution >= 4 is 0 Å². The Kier molecular flexibility index (Phi) is 4.15. The Labute approximate surface area is 80.6 Å². The van der Waals surface area contributed by atoms with Crippen LogP contribution >= 0.6 is 0 Å². The lowest BCUT2D eigenvalue weighted by Gasteiger charge is -2.34. The Hall–Kier alpha value is -0.330. The van der Waals surface area contributed by atoms with Crippen LogP contribution in [0.25, 0.3) is 0 Å². The van der Waals surface area contributed by atoms with Crippen LogP contribution in [0.2, 0.25) is 0 Å². The summed E-state index contributed by atoms with van der Waals surface area (Å²) in [5.74, 6) is 0. The van der Waals surface area contributed by atoms with Crippen molar-refractivity contribution in [3.63, 3.8) is 0 Å². The molecule has 0 aromatic heterocycles. The maximum absolute atomic E-state index is 11.5. The van der Waals surface area contributed by atoms with Crippen molar-refractivity contribution < 1.29 is 22.6 Å². The van der Waals surface area contributed by atoms with Crippen molar-refractivity contribution in [2.45, 2.75) is 31.3 Å². The highest BCUT2D eigenvalue weighted by Gasteiger charge is 2.30. The predicted octanol–water partition coefficient (Wildman–Crippen LogP) is 1.29. The van der Waals surface area contributed by atoms with E-state index in [2.05, 4.69) is 10.1 Å². The molecule has 0 bridgehead atoms. The second-order valence-electron chi connectivity index (χ2n) is 3.27. The molecule has 84 valence electrons. The molecule has 0 radical (unpaired) electrons. The molecule has 0 heterocycles. The second-order valence-corrected chi connectivity index (χ2v) is 3.27. The van der Waals surface area contributed by atoms with Crippen molar-refractivity contribution in [1.29, 1.82) is 0 Å². The third-order valence-electron chi connectivity index (χ3n) is 2.23. The fourth-order valence-electron chi connectivity index (χ4n) is 1.35. The van der Waals surface area contributed by atoms with Crippen LogP contribution < -0.4 is 5.32 Å². The van der Waals surface area contributed by atoms with Crippen molar-refractivity contribution in [3.05, 3.63) is 0 Å². The maximum Gasteiger partial charge on any atom is 0.522 e. The van der Waals surface area contributed by atoms with E-state index in [9.17, 15) is 13.2 Å². The maximum atomic E-state index is 11.5. The monoisotopic (exact) mass is 213 g/mol. The zero-order valence-electron chi connectivity index (χ0n) is 7.93. The molecule has 0 aromatic carbocycles. The summed E-state index contributed by atoms with van der Waals surface area (Å²) in [5, 5.41) is 2.95. The van der Waals surface area contributed by atoms with Gasteiger partial charge in [0.15, 0.2) is 0 Å². The molecule has 6 heteroatoms. The molecular weight excluding hydrogens is 199 g/mol. The first kappa shape index (κ1) is 11.7. The number of methoxy groups -OCH3 is 1. The number of rotatable bonds is 5. The van der Waals surface area contributed by atoms with Crippen molar-refractivity contribution in [2.75, 3.05) is 20.3 Å². The van der Waals surface area contributed by atoms with E-state index in [1.165, 1.54) is 0 Å². The summed E-state index contributed by atoms with van der Waals surface area (Å²) >= 11 is 0. The molecule has 0 amide bonds. The van der Waals surface area contributed by atoms with Gasteiger partial charge in [0.1, 0.15) is 0 Å². The number of nitrogens with one attached hydrogen (secondary N) is 1. The van der Waals surface area contributed by atoms with Gasteiger partial charge in [-0.15, -0.1) is 13.2 Å². The summed E-state index contributed by atoms with van der Waals surface area (Å²) in [6, 6.07) is 0.275. The SMILES string of the molecule is COC1CC(NCCOC(F)(F)F)C1. The van der Waals surface area contributed by atoms with Gasteiger partial charge < -0.3 is 10.1 Å². The van der Waals surface area contributed by atoms with E-state index in [0.717, 1.165) is 12.8 Å². The van der Waals surface area contributed by atoms with Crippen LogP contribution in [-0.4, -0.2) is 38.8 Å². The van der Waals surface area contributed by atoms with Gasteiger partial charge in [-0.25, -0.2) is 0 Å². The van der Waals surface area contributed by atoms with Gasteiger partial charge in [-0.05, 0) is 12.8 Å². The normalized spacial score (nSPS) is 27.4. The molecule has 0 saturated heterocycles. The summed E-state index contributed by atoms with van der Waals surface area (Å²) in [5.41, 5.74) is 0. The standard InChI is InChI=1S/C8H14F3NO2/c1-13-7-4-6(5-7)12-2-3-14-8(9,10)11/h6-7,12H,2-5H2,1H3. The van der Waals surface area contributed by atoms with Gasteiger partial charge >= 0.3 is 6.36 Å². The molecule has 1 aliphatic rings. The molecule has 3 nitrogen and oxygen atoms in total. The van der Waals surface area contributed by atoms with Crippen LogP contribution in [0.1, 0.15) is 12.8 Å². The minimum atomic E-state index is -4.52. The van der Waals surface area contributed by atoms with E-state index in [0.29, 0.717) is 0 Å². The second kappa shape index (κ2) is 4.95. The minimum absolute atomic E-state index is 0.223. The lowest BCUT2D eigenvalue weighted by atomic mass is 9.89. The summed E-state index contributed by atoms with van der Waals surface area (Å²) in [6.45, 7) is -0.113. The van der Waals surface area contributed by atoms with Gasteiger partial charge in [0, 0.05) is 19.7 Å². The molecule has 0 aliphatic heterocycles. The highest BCUT2D eigenvalue weighted by Crippen LogP contribution is 2.22. The van der Waals surface area contributed by atoms with Crippen molar-refractivity contribution in [3.8, 4) is 0 Å². The lowest BCUT2D eigenvalue weighted by Crippen LogP contribution is -2.46. The zero-order valence-corrected chi connectivity index (χ0v) is 7.93. The first-order valence-corrected chi connectivity index (χ1v) is 4.48. The summed E-state index contributed by atoms with van der Waals surface area (Å²) in [4.78, 5) is 0. The van der Waals surface area contributed by atoms with E-state index in [-0.39, 0.29) is 25.3 Å². The number of hydrogen-bond donors (Lipinski definition) is 1. The summed E-state index contributed by atoms with van der Waals surface area (Å²) in [7, 11) is 1.63.